The van der Waals surface area contributed by atoms with Crippen molar-refractivity contribution in [2.75, 3.05) is 0 Å². The number of aldehydes is 1. The average molecular weight is 199 g/mol. The molecule has 1 aromatic heterocycles. The summed E-state index contributed by atoms with van der Waals surface area (Å²) in [5.41, 5.74) is 3.89. The second-order valence-electron chi connectivity index (χ2n) is 4.27. The molecular formula is C13H13NO. The molecule has 0 saturated heterocycles. The number of aromatic amines is 1. The quantitative estimate of drug-likeness (QED) is 0.703. The van der Waals surface area contributed by atoms with Gasteiger partial charge in [0.15, 0.2) is 0 Å². The summed E-state index contributed by atoms with van der Waals surface area (Å²) in [6.07, 6.45) is 4.00. The minimum atomic E-state index is 0.219. The maximum absolute atomic E-state index is 10.8. The molecule has 1 aliphatic rings. The van der Waals surface area contributed by atoms with Crippen LogP contribution in [0.3, 0.4) is 0 Å². The van der Waals surface area contributed by atoms with Gasteiger partial charge in [-0.05, 0) is 30.9 Å². The number of carbonyl (C=O) groups excluding carboxylic acids is 1. The number of para-hydroxylation sites is 1. The third kappa shape index (κ3) is 1.29. The van der Waals surface area contributed by atoms with Crippen LogP contribution >= 0.6 is 0 Å². The Labute approximate surface area is 88.3 Å². The van der Waals surface area contributed by atoms with Crippen molar-refractivity contribution in [3.05, 3.63) is 35.5 Å². The van der Waals surface area contributed by atoms with Crippen molar-refractivity contribution < 1.29 is 4.79 Å². The van der Waals surface area contributed by atoms with Gasteiger partial charge in [0, 0.05) is 22.5 Å². The molecule has 1 aromatic carbocycles. The normalized spacial score (nSPS) is 20.1. The Hall–Kier alpha value is -1.57. The molecule has 76 valence electrons. The van der Waals surface area contributed by atoms with Gasteiger partial charge in [0.25, 0.3) is 0 Å². The Morgan fingerprint density at radius 1 is 1.33 bits per heavy atom. The number of rotatable bonds is 1. The molecule has 2 heteroatoms. The molecule has 0 amide bonds. The Bertz CT molecular complexity index is 512. The Kier molecular flexibility index (Phi) is 1.88. The van der Waals surface area contributed by atoms with Crippen LogP contribution in [0, 0.1) is 5.92 Å². The van der Waals surface area contributed by atoms with Crippen molar-refractivity contribution in [1.29, 1.82) is 0 Å². The van der Waals surface area contributed by atoms with E-state index >= 15 is 0 Å². The zero-order chi connectivity index (χ0) is 10.3. The molecule has 0 radical (unpaired) electrons. The molecule has 1 aliphatic carbocycles. The van der Waals surface area contributed by atoms with Crippen LogP contribution < -0.4 is 0 Å². The number of hydrogen-bond donors (Lipinski definition) is 1. The summed E-state index contributed by atoms with van der Waals surface area (Å²) in [5, 5.41) is 1.29. The second-order valence-corrected chi connectivity index (χ2v) is 4.27. The number of hydrogen-bond acceptors (Lipinski definition) is 1. The minimum absolute atomic E-state index is 0.219. The predicted molar refractivity (Wildman–Crippen MR) is 59.9 cm³/mol. The van der Waals surface area contributed by atoms with Gasteiger partial charge in [-0.2, -0.15) is 0 Å². The van der Waals surface area contributed by atoms with Crippen molar-refractivity contribution in [2.45, 2.75) is 19.3 Å². The number of nitrogens with one attached hydrogen (secondary N) is 1. The molecule has 0 spiro atoms. The number of aromatic nitrogens is 1. The smallest absolute Gasteiger partial charge is 0.123 e. The van der Waals surface area contributed by atoms with E-state index < -0.39 is 0 Å². The highest BCUT2D eigenvalue weighted by Crippen LogP contribution is 2.30. The van der Waals surface area contributed by atoms with E-state index in [-0.39, 0.29) is 5.92 Å². The molecule has 0 fully saturated rings. The van der Waals surface area contributed by atoms with Gasteiger partial charge in [-0.3, -0.25) is 0 Å². The van der Waals surface area contributed by atoms with Crippen molar-refractivity contribution in [3.8, 4) is 0 Å². The fraction of sp³-hybridized carbons (Fsp3) is 0.308. The van der Waals surface area contributed by atoms with Crippen LogP contribution in [0.5, 0.6) is 0 Å². The lowest BCUT2D eigenvalue weighted by atomic mass is 9.87. The minimum Gasteiger partial charge on any atom is -0.358 e. The first-order valence-electron chi connectivity index (χ1n) is 5.42. The fourth-order valence-corrected chi connectivity index (χ4v) is 2.51. The number of benzene rings is 1. The van der Waals surface area contributed by atoms with Gasteiger partial charge in [-0.15, -0.1) is 0 Å². The van der Waals surface area contributed by atoms with Crippen LogP contribution in [0.4, 0.5) is 0 Å². The predicted octanol–water partition coefficient (Wildman–Crippen LogP) is 2.47. The molecule has 2 aromatic rings. The zero-order valence-electron chi connectivity index (χ0n) is 8.49. The van der Waals surface area contributed by atoms with Crippen LogP contribution in [0.2, 0.25) is 0 Å². The van der Waals surface area contributed by atoms with E-state index in [1.165, 1.54) is 22.2 Å². The summed E-state index contributed by atoms with van der Waals surface area (Å²) in [7, 11) is 0. The zero-order valence-corrected chi connectivity index (χ0v) is 8.49. The SMILES string of the molecule is O=CC1CCc2[nH]c3ccccc3c2C1. The number of carbonyl (C=O) groups is 1. The molecule has 0 bridgehead atoms. The van der Waals surface area contributed by atoms with Crippen LogP contribution in [-0.2, 0) is 17.6 Å². The van der Waals surface area contributed by atoms with Crippen LogP contribution in [0.15, 0.2) is 24.3 Å². The monoisotopic (exact) mass is 199 g/mol. The molecule has 15 heavy (non-hydrogen) atoms. The second kappa shape index (κ2) is 3.23. The molecule has 0 aliphatic heterocycles. The van der Waals surface area contributed by atoms with E-state index in [0.29, 0.717) is 0 Å². The average Bonchev–Trinajstić information content (AvgIpc) is 2.66. The molecule has 2 nitrogen and oxygen atoms in total. The van der Waals surface area contributed by atoms with Gasteiger partial charge < -0.3 is 9.78 Å². The van der Waals surface area contributed by atoms with Gasteiger partial charge in [-0.25, -0.2) is 0 Å². The lowest BCUT2D eigenvalue weighted by molar-refractivity contribution is -0.111. The summed E-state index contributed by atoms with van der Waals surface area (Å²) in [4.78, 5) is 14.3. The van der Waals surface area contributed by atoms with Crippen molar-refractivity contribution in [3.63, 3.8) is 0 Å². The van der Waals surface area contributed by atoms with Gasteiger partial charge in [0.2, 0.25) is 0 Å². The van der Waals surface area contributed by atoms with E-state index in [1.807, 2.05) is 6.07 Å². The summed E-state index contributed by atoms with van der Waals surface area (Å²) in [5.74, 6) is 0.219. The number of H-pyrrole nitrogens is 1. The van der Waals surface area contributed by atoms with Gasteiger partial charge >= 0.3 is 0 Å². The third-order valence-electron chi connectivity index (χ3n) is 3.33. The fourth-order valence-electron chi connectivity index (χ4n) is 2.51. The van der Waals surface area contributed by atoms with E-state index in [4.69, 9.17) is 0 Å². The molecule has 0 saturated carbocycles. The largest absolute Gasteiger partial charge is 0.358 e. The Morgan fingerprint density at radius 2 is 2.20 bits per heavy atom. The Morgan fingerprint density at radius 3 is 3.07 bits per heavy atom. The van der Waals surface area contributed by atoms with E-state index in [9.17, 15) is 4.79 Å². The van der Waals surface area contributed by atoms with E-state index in [1.54, 1.807) is 0 Å². The molecule has 1 heterocycles. The molecular weight excluding hydrogens is 186 g/mol. The van der Waals surface area contributed by atoms with Gasteiger partial charge in [0.05, 0.1) is 0 Å². The number of aryl methyl sites for hydroxylation is 1. The highest BCUT2D eigenvalue weighted by atomic mass is 16.1. The number of fused-ring (bicyclic) bond motifs is 3. The third-order valence-corrected chi connectivity index (χ3v) is 3.33. The summed E-state index contributed by atoms with van der Waals surface area (Å²) >= 11 is 0. The first-order chi connectivity index (χ1) is 7.38. The lowest BCUT2D eigenvalue weighted by Crippen LogP contribution is -2.14. The topological polar surface area (TPSA) is 32.9 Å². The van der Waals surface area contributed by atoms with E-state index in [2.05, 4.69) is 23.2 Å². The molecule has 1 N–H and O–H groups in total. The van der Waals surface area contributed by atoms with Crippen LogP contribution in [0.1, 0.15) is 17.7 Å². The molecule has 1 atom stereocenters. The maximum Gasteiger partial charge on any atom is 0.123 e. The summed E-state index contributed by atoms with van der Waals surface area (Å²) in [6, 6.07) is 8.34. The maximum atomic E-state index is 10.8. The van der Waals surface area contributed by atoms with Crippen LogP contribution in [-0.4, -0.2) is 11.3 Å². The van der Waals surface area contributed by atoms with Crippen molar-refractivity contribution in [2.24, 2.45) is 5.92 Å². The standard InChI is InChI=1S/C13H13NO/c15-8-9-5-6-13-11(7-9)10-3-1-2-4-12(10)14-13/h1-4,8-9,14H,5-7H2. The lowest BCUT2D eigenvalue weighted by Gasteiger charge is -2.16. The van der Waals surface area contributed by atoms with Crippen molar-refractivity contribution >= 4 is 17.2 Å². The molecule has 1 unspecified atom stereocenters. The van der Waals surface area contributed by atoms with Crippen LogP contribution in [0.25, 0.3) is 10.9 Å². The highest BCUT2D eigenvalue weighted by molar-refractivity contribution is 5.85. The highest BCUT2D eigenvalue weighted by Gasteiger charge is 2.21. The van der Waals surface area contributed by atoms with Gasteiger partial charge in [0.1, 0.15) is 6.29 Å². The van der Waals surface area contributed by atoms with Gasteiger partial charge in [-0.1, -0.05) is 18.2 Å². The first kappa shape index (κ1) is 8.72. The van der Waals surface area contributed by atoms with Crippen molar-refractivity contribution in [1.82, 2.24) is 4.98 Å². The first-order valence-corrected chi connectivity index (χ1v) is 5.42. The summed E-state index contributed by atoms with van der Waals surface area (Å²) < 4.78 is 0. The van der Waals surface area contributed by atoms with E-state index in [0.717, 1.165) is 25.5 Å². The molecule has 3 rings (SSSR count). The summed E-state index contributed by atoms with van der Waals surface area (Å²) in [6.45, 7) is 0. The Balaban J connectivity index is 2.18.